The third-order valence-corrected chi connectivity index (χ3v) is 10.8. The van der Waals surface area contributed by atoms with Crippen molar-refractivity contribution in [2.75, 3.05) is 0 Å². The van der Waals surface area contributed by atoms with Crippen molar-refractivity contribution in [2.45, 2.75) is 26.2 Å². The Labute approximate surface area is 351 Å². The molecule has 5 nitrogen and oxygen atoms in total. The average Bonchev–Trinajstić information content (AvgIpc) is 3.82. The van der Waals surface area contributed by atoms with Gasteiger partial charge in [-0.1, -0.05) is 147 Å². The number of para-hydroxylation sites is 3. The summed E-state index contributed by atoms with van der Waals surface area (Å²) in [4.78, 5) is 10.4. The fourth-order valence-corrected chi connectivity index (χ4v) is 7.87. The van der Waals surface area contributed by atoms with Crippen molar-refractivity contribution in [3.63, 3.8) is 0 Å². The topological polar surface area (TPSA) is 64.1 Å². The van der Waals surface area contributed by atoms with E-state index in [1.54, 1.807) is 6.07 Å². The van der Waals surface area contributed by atoms with E-state index in [2.05, 4.69) is 135 Å². The summed E-state index contributed by atoms with van der Waals surface area (Å²) in [5, 5.41) is 13.4. The molecule has 1 N–H and O–H groups in total. The fourth-order valence-electron chi connectivity index (χ4n) is 7.87. The summed E-state index contributed by atoms with van der Waals surface area (Å²) < 4.78 is 8.49. The molecule has 0 radical (unpaired) electrons. The maximum Gasteiger partial charge on any atom is 0.148 e. The molecule has 0 atom stereocenters. The fraction of sp³-hybridized carbons (Fsp3) is 0.0769. The first-order valence-electron chi connectivity index (χ1n) is 19.2. The molecule has 284 valence electrons. The van der Waals surface area contributed by atoms with Crippen LogP contribution in [0.2, 0.25) is 0 Å². The van der Waals surface area contributed by atoms with E-state index in [4.69, 9.17) is 14.4 Å². The van der Waals surface area contributed by atoms with Crippen molar-refractivity contribution < 1.29 is 30.6 Å². The van der Waals surface area contributed by atoms with Gasteiger partial charge >= 0.3 is 0 Å². The summed E-state index contributed by atoms with van der Waals surface area (Å²) in [5.41, 5.74) is 13.8. The maximum absolute atomic E-state index is 11.4. The Hall–Kier alpha value is -6.55. The second-order valence-corrected chi connectivity index (χ2v) is 15.5. The summed E-state index contributed by atoms with van der Waals surface area (Å²) in [6, 6.07) is 59.5. The minimum atomic E-state index is -0.0616. The minimum absolute atomic E-state index is 0. The first-order valence-corrected chi connectivity index (χ1v) is 19.2. The van der Waals surface area contributed by atoms with Crippen LogP contribution in [-0.4, -0.2) is 19.6 Å². The number of aromatic hydroxyl groups is 1. The number of nitrogens with zero attached hydrogens (tertiary/aromatic N) is 3. The van der Waals surface area contributed by atoms with Crippen LogP contribution in [0.15, 0.2) is 174 Å². The molecule has 0 saturated heterocycles. The standard InChI is InChI=1S/C52H38N3O2.Pt/c1-52(2,3)38-25-26-45(42(30-38)34-17-8-5-9-18-34)55-46-22-14-21-39(50(46)54-51(55)41-20-10-12-23-47(41)56)36-27-35(33-15-6-4-7-16-33)28-37(29-36)44-31-49-43(32-53-44)40-19-11-13-24-48(40)57-49;/h4-28,30-32,56H,1-3H3;/q-1;. The Balaban J connectivity index is 0.00000436. The van der Waals surface area contributed by atoms with E-state index in [1.807, 2.05) is 60.8 Å². The minimum Gasteiger partial charge on any atom is -0.507 e. The molecule has 7 aromatic carbocycles. The molecule has 0 unspecified atom stereocenters. The SMILES string of the molecule is CC(C)(C)c1ccc(-n2c(-c3ccccc3O)nc3c(-c4[c-]c(-c5cc6oc7ccccc7c6cn5)cc(-c5ccccc5)c4)cccc32)c(-c2ccccc2)c1.[Pt]. The molecule has 0 aliphatic heterocycles. The number of hydrogen-bond acceptors (Lipinski definition) is 4. The second kappa shape index (κ2) is 14.8. The van der Waals surface area contributed by atoms with Crippen molar-refractivity contribution in [1.82, 2.24) is 14.5 Å². The van der Waals surface area contributed by atoms with Crippen molar-refractivity contribution in [3.05, 3.63) is 182 Å². The molecule has 0 fully saturated rings. The first-order chi connectivity index (χ1) is 27.8. The first kappa shape index (κ1) is 37.0. The van der Waals surface area contributed by atoms with Crippen molar-refractivity contribution in [2.24, 2.45) is 0 Å². The van der Waals surface area contributed by atoms with Crippen LogP contribution in [0.1, 0.15) is 26.3 Å². The van der Waals surface area contributed by atoms with E-state index in [-0.39, 0.29) is 32.2 Å². The van der Waals surface area contributed by atoms with Gasteiger partial charge in [0.15, 0.2) is 0 Å². The van der Waals surface area contributed by atoms with E-state index in [9.17, 15) is 5.11 Å². The van der Waals surface area contributed by atoms with Crippen LogP contribution in [0.4, 0.5) is 0 Å². The van der Waals surface area contributed by atoms with Crippen LogP contribution in [0.25, 0.3) is 94.7 Å². The van der Waals surface area contributed by atoms with Gasteiger partial charge in [-0.15, -0.1) is 23.8 Å². The molecule has 0 aliphatic rings. The summed E-state index contributed by atoms with van der Waals surface area (Å²) in [6.45, 7) is 6.71. The molecule has 0 amide bonds. The third kappa shape index (κ3) is 6.52. The molecule has 3 aromatic heterocycles. The molecule has 0 spiro atoms. The number of furan rings is 1. The molecule has 58 heavy (non-hydrogen) atoms. The van der Waals surface area contributed by atoms with Gasteiger partial charge < -0.3 is 9.52 Å². The Morgan fingerprint density at radius 1 is 0.586 bits per heavy atom. The smallest absolute Gasteiger partial charge is 0.148 e. The molecule has 3 heterocycles. The van der Waals surface area contributed by atoms with E-state index >= 15 is 0 Å². The van der Waals surface area contributed by atoms with E-state index < -0.39 is 0 Å². The molecule has 0 aliphatic carbocycles. The number of hydrogen-bond donors (Lipinski definition) is 1. The molecule has 6 heteroatoms. The van der Waals surface area contributed by atoms with Gasteiger partial charge in [0, 0.05) is 49.3 Å². The number of pyridine rings is 1. The van der Waals surface area contributed by atoms with Gasteiger partial charge in [0.2, 0.25) is 0 Å². The number of rotatable bonds is 6. The zero-order chi connectivity index (χ0) is 38.7. The van der Waals surface area contributed by atoms with Crippen LogP contribution in [0.5, 0.6) is 5.75 Å². The third-order valence-electron chi connectivity index (χ3n) is 10.8. The van der Waals surface area contributed by atoms with Gasteiger partial charge in [-0.2, -0.15) is 0 Å². The van der Waals surface area contributed by atoms with Crippen LogP contribution in [0, 0.1) is 6.07 Å². The van der Waals surface area contributed by atoms with E-state index in [0.717, 1.165) is 83.3 Å². The van der Waals surface area contributed by atoms with Crippen LogP contribution < -0.4 is 0 Å². The number of phenols is 1. The van der Waals surface area contributed by atoms with Crippen molar-refractivity contribution in [3.8, 4) is 67.5 Å². The number of aromatic nitrogens is 3. The van der Waals surface area contributed by atoms with Gasteiger partial charge in [0.1, 0.15) is 22.7 Å². The summed E-state index contributed by atoms with van der Waals surface area (Å²) in [6.07, 6.45) is 1.90. The van der Waals surface area contributed by atoms with Crippen LogP contribution in [-0.2, 0) is 26.5 Å². The predicted octanol–water partition coefficient (Wildman–Crippen LogP) is 13.5. The summed E-state index contributed by atoms with van der Waals surface area (Å²) in [7, 11) is 0. The monoisotopic (exact) mass is 931 g/mol. The molecule has 0 bridgehead atoms. The van der Waals surface area contributed by atoms with Crippen LogP contribution in [0.3, 0.4) is 0 Å². The number of phenolic OH excluding ortho intramolecular Hbond substituents is 1. The van der Waals surface area contributed by atoms with Crippen LogP contribution >= 0.6 is 0 Å². The molecule has 0 saturated carbocycles. The van der Waals surface area contributed by atoms with Gasteiger partial charge in [0.25, 0.3) is 0 Å². The Kier molecular flexibility index (Phi) is 9.42. The zero-order valence-electron chi connectivity index (χ0n) is 32.2. The molecular weight excluding hydrogens is 894 g/mol. The van der Waals surface area contributed by atoms with Gasteiger partial charge in [-0.3, -0.25) is 9.55 Å². The van der Waals surface area contributed by atoms with E-state index in [0.29, 0.717) is 11.4 Å². The average molecular weight is 932 g/mol. The van der Waals surface area contributed by atoms with E-state index in [1.165, 1.54) is 5.56 Å². The number of benzene rings is 7. The van der Waals surface area contributed by atoms with Crippen molar-refractivity contribution >= 4 is 33.0 Å². The Morgan fingerprint density at radius 2 is 1.28 bits per heavy atom. The quantitative estimate of drug-likeness (QED) is 0.169. The second-order valence-electron chi connectivity index (χ2n) is 15.5. The maximum atomic E-state index is 11.4. The number of fused-ring (bicyclic) bond motifs is 4. The summed E-state index contributed by atoms with van der Waals surface area (Å²) >= 11 is 0. The summed E-state index contributed by atoms with van der Waals surface area (Å²) in [5.74, 6) is 0.808. The normalized spacial score (nSPS) is 11.6. The molecule has 10 aromatic rings. The predicted molar refractivity (Wildman–Crippen MR) is 233 cm³/mol. The molecule has 10 rings (SSSR count). The Morgan fingerprint density at radius 3 is 2.05 bits per heavy atom. The largest absolute Gasteiger partial charge is 0.507 e. The Bertz CT molecular complexity index is 3120. The number of imidazole rings is 1. The van der Waals surface area contributed by atoms with Gasteiger partial charge in [0.05, 0.1) is 22.3 Å². The zero-order valence-corrected chi connectivity index (χ0v) is 34.5. The molecular formula is C52H38N3O2Pt-. The van der Waals surface area contributed by atoms with Gasteiger partial charge in [-0.05, 0) is 64.6 Å². The van der Waals surface area contributed by atoms with Crippen molar-refractivity contribution in [1.29, 1.82) is 0 Å². The van der Waals surface area contributed by atoms with Gasteiger partial charge in [-0.25, -0.2) is 4.98 Å².